The summed E-state index contributed by atoms with van der Waals surface area (Å²) in [6.07, 6.45) is 2.69. The van der Waals surface area contributed by atoms with Crippen molar-refractivity contribution >= 4 is 33.4 Å². The summed E-state index contributed by atoms with van der Waals surface area (Å²) in [5.41, 5.74) is 3.48. The molecule has 0 unspecified atom stereocenters. The minimum absolute atomic E-state index is 0.629. The molecule has 0 radical (unpaired) electrons. The molecule has 1 aromatic heterocycles. The van der Waals surface area contributed by atoms with Crippen LogP contribution < -0.4 is 10.6 Å². The van der Waals surface area contributed by atoms with Gasteiger partial charge in [0.25, 0.3) is 0 Å². The highest BCUT2D eigenvalue weighted by atomic mass is 79.9. The van der Waals surface area contributed by atoms with E-state index in [4.69, 9.17) is 0 Å². The van der Waals surface area contributed by atoms with Gasteiger partial charge in [-0.15, -0.1) is 0 Å². The zero-order valence-electron chi connectivity index (χ0n) is 13.5. The van der Waals surface area contributed by atoms with E-state index >= 15 is 0 Å². The average molecular weight is 383 g/mol. The third-order valence-corrected chi connectivity index (χ3v) is 4.52. The SMILES string of the molecule is Cc1cc(Nc2ccnc(NCCc3ccccc3)n2)ccc1Br. The van der Waals surface area contributed by atoms with Crippen molar-refractivity contribution in [1.29, 1.82) is 0 Å². The smallest absolute Gasteiger partial charge is 0.224 e. The second kappa shape index (κ2) is 7.93. The van der Waals surface area contributed by atoms with Gasteiger partial charge in [0.2, 0.25) is 5.95 Å². The second-order valence-electron chi connectivity index (χ2n) is 5.52. The number of nitrogens with zero attached hydrogens (tertiary/aromatic N) is 2. The van der Waals surface area contributed by atoms with Gasteiger partial charge >= 0.3 is 0 Å². The maximum Gasteiger partial charge on any atom is 0.224 e. The van der Waals surface area contributed by atoms with Gasteiger partial charge in [0, 0.05) is 22.9 Å². The van der Waals surface area contributed by atoms with Gasteiger partial charge in [-0.3, -0.25) is 0 Å². The summed E-state index contributed by atoms with van der Waals surface area (Å²) in [6, 6.07) is 18.4. The predicted octanol–water partition coefficient (Wildman–Crippen LogP) is 4.95. The standard InChI is InChI=1S/C19H19BrN4/c1-14-13-16(7-8-17(14)20)23-18-10-12-22-19(24-18)21-11-9-15-5-3-2-4-6-15/h2-8,10,12-13H,9,11H2,1H3,(H2,21,22,23,24). The lowest BCUT2D eigenvalue weighted by Crippen LogP contribution is -2.08. The van der Waals surface area contributed by atoms with E-state index in [0.29, 0.717) is 5.95 Å². The van der Waals surface area contributed by atoms with Crippen LogP contribution >= 0.6 is 15.9 Å². The van der Waals surface area contributed by atoms with Crippen LogP contribution in [0.2, 0.25) is 0 Å². The van der Waals surface area contributed by atoms with Crippen molar-refractivity contribution in [3.8, 4) is 0 Å². The molecule has 2 aromatic carbocycles. The van der Waals surface area contributed by atoms with Gasteiger partial charge in [-0.05, 0) is 48.7 Å². The number of rotatable bonds is 6. The molecule has 0 aliphatic heterocycles. The maximum absolute atomic E-state index is 4.51. The number of anilines is 3. The average Bonchev–Trinajstić information content (AvgIpc) is 2.60. The minimum Gasteiger partial charge on any atom is -0.354 e. The molecule has 3 rings (SSSR count). The van der Waals surface area contributed by atoms with Crippen LogP contribution in [0.1, 0.15) is 11.1 Å². The molecule has 1 heterocycles. The van der Waals surface area contributed by atoms with Crippen LogP contribution in [0.25, 0.3) is 0 Å². The van der Waals surface area contributed by atoms with Gasteiger partial charge < -0.3 is 10.6 Å². The Morgan fingerprint density at radius 3 is 2.67 bits per heavy atom. The quantitative estimate of drug-likeness (QED) is 0.633. The molecule has 0 aliphatic carbocycles. The van der Waals surface area contributed by atoms with Crippen LogP contribution in [-0.2, 0) is 6.42 Å². The van der Waals surface area contributed by atoms with Crippen molar-refractivity contribution < 1.29 is 0 Å². The molecular weight excluding hydrogens is 364 g/mol. The fourth-order valence-corrected chi connectivity index (χ4v) is 2.59. The molecule has 3 aromatic rings. The summed E-state index contributed by atoms with van der Waals surface area (Å²) < 4.78 is 1.10. The lowest BCUT2D eigenvalue weighted by atomic mass is 10.1. The summed E-state index contributed by atoms with van der Waals surface area (Å²) in [5.74, 6) is 1.40. The monoisotopic (exact) mass is 382 g/mol. The van der Waals surface area contributed by atoms with E-state index in [0.717, 1.165) is 28.9 Å². The van der Waals surface area contributed by atoms with Gasteiger partial charge in [-0.2, -0.15) is 4.98 Å². The van der Waals surface area contributed by atoms with Gasteiger partial charge in [0.15, 0.2) is 0 Å². The van der Waals surface area contributed by atoms with Crippen molar-refractivity contribution in [2.45, 2.75) is 13.3 Å². The number of halogens is 1. The fourth-order valence-electron chi connectivity index (χ4n) is 2.35. The third kappa shape index (κ3) is 4.55. The first-order valence-electron chi connectivity index (χ1n) is 7.85. The second-order valence-corrected chi connectivity index (χ2v) is 6.37. The molecule has 0 atom stereocenters. The van der Waals surface area contributed by atoms with E-state index in [-0.39, 0.29) is 0 Å². The van der Waals surface area contributed by atoms with Gasteiger partial charge in [-0.1, -0.05) is 46.3 Å². The van der Waals surface area contributed by atoms with E-state index in [1.807, 2.05) is 24.3 Å². The number of nitrogens with one attached hydrogen (secondary N) is 2. The maximum atomic E-state index is 4.51. The van der Waals surface area contributed by atoms with E-state index < -0.39 is 0 Å². The minimum atomic E-state index is 0.629. The van der Waals surface area contributed by atoms with Crippen molar-refractivity contribution in [3.63, 3.8) is 0 Å². The van der Waals surface area contributed by atoms with E-state index in [1.54, 1.807) is 6.20 Å². The van der Waals surface area contributed by atoms with Gasteiger partial charge in [-0.25, -0.2) is 4.98 Å². The summed E-state index contributed by atoms with van der Waals surface area (Å²) >= 11 is 3.51. The summed E-state index contributed by atoms with van der Waals surface area (Å²) in [5, 5.41) is 6.58. The van der Waals surface area contributed by atoms with Crippen LogP contribution in [0, 0.1) is 6.92 Å². The Morgan fingerprint density at radius 2 is 1.88 bits per heavy atom. The number of benzene rings is 2. The molecule has 0 spiro atoms. The van der Waals surface area contributed by atoms with E-state index in [9.17, 15) is 0 Å². The molecule has 0 amide bonds. The molecule has 0 aliphatic rings. The Kier molecular flexibility index (Phi) is 5.43. The van der Waals surface area contributed by atoms with Crippen molar-refractivity contribution in [2.24, 2.45) is 0 Å². The zero-order valence-corrected chi connectivity index (χ0v) is 15.0. The Balaban J connectivity index is 1.60. The molecule has 0 bridgehead atoms. The van der Waals surface area contributed by atoms with Crippen molar-refractivity contribution in [1.82, 2.24) is 9.97 Å². The topological polar surface area (TPSA) is 49.8 Å². The van der Waals surface area contributed by atoms with Crippen LogP contribution in [0.5, 0.6) is 0 Å². The zero-order chi connectivity index (χ0) is 16.8. The Labute approximate surface area is 150 Å². The first kappa shape index (κ1) is 16.5. The summed E-state index contributed by atoms with van der Waals surface area (Å²) in [7, 11) is 0. The normalized spacial score (nSPS) is 10.4. The highest BCUT2D eigenvalue weighted by molar-refractivity contribution is 9.10. The molecular formula is C19H19BrN4. The van der Waals surface area contributed by atoms with Crippen molar-refractivity contribution in [3.05, 3.63) is 76.4 Å². The van der Waals surface area contributed by atoms with Crippen LogP contribution in [0.15, 0.2) is 65.3 Å². The summed E-state index contributed by atoms with van der Waals surface area (Å²) in [6.45, 7) is 2.86. The van der Waals surface area contributed by atoms with E-state index in [1.165, 1.54) is 11.1 Å². The highest BCUT2D eigenvalue weighted by Crippen LogP contribution is 2.22. The summed E-state index contributed by atoms with van der Waals surface area (Å²) in [4.78, 5) is 8.78. The predicted molar refractivity (Wildman–Crippen MR) is 103 cm³/mol. The molecule has 0 fully saturated rings. The third-order valence-electron chi connectivity index (χ3n) is 3.63. The molecule has 0 saturated heterocycles. The largest absolute Gasteiger partial charge is 0.354 e. The van der Waals surface area contributed by atoms with Crippen LogP contribution in [-0.4, -0.2) is 16.5 Å². The molecule has 122 valence electrons. The van der Waals surface area contributed by atoms with Crippen molar-refractivity contribution in [2.75, 3.05) is 17.2 Å². The fraction of sp³-hybridized carbons (Fsp3) is 0.158. The Bertz CT molecular complexity index is 805. The van der Waals surface area contributed by atoms with E-state index in [2.05, 4.69) is 73.8 Å². The molecule has 5 heteroatoms. The number of hydrogen-bond acceptors (Lipinski definition) is 4. The molecule has 0 saturated carbocycles. The van der Waals surface area contributed by atoms with Crippen LogP contribution in [0.4, 0.5) is 17.5 Å². The number of aromatic nitrogens is 2. The van der Waals surface area contributed by atoms with Gasteiger partial charge in [0.1, 0.15) is 5.82 Å². The Morgan fingerprint density at radius 1 is 1.04 bits per heavy atom. The Hall–Kier alpha value is -2.40. The molecule has 24 heavy (non-hydrogen) atoms. The first-order valence-corrected chi connectivity index (χ1v) is 8.64. The molecule has 4 nitrogen and oxygen atoms in total. The van der Waals surface area contributed by atoms with Crippen LogP contribution in [0.3, 0.4) is 0 Å². The molecule has 2 N–H and O–H groups in total. The number of hydrogen-bond donors (Lipinski definition) is 2. The number of aryl methyl sites for hydroxylation is 1. The highest BCUT2D eigenvalue weighted by Gasteiger charge is 2.02. The van der Waals surface area contributed by atoms with Gasteiger partial charge in [0.05, 0.1) is 0 Å². The lowest BCUT2D eigenvalue weighted by molar-refractivity contribution is 0.985. The lowest BCUT2D eigenvalue weighted by Gasteiger charge is -2.09. The first-order chi connectivity index (χ1) is 11.7.